The van der Waals surface area contributed by atoms with Crippen LogP contribution in [0, 0.1) is 0 Å². The zero-order chi connectivity index (χ0) is 17.0. The van der Waals surface area contributed by atoms with Gasteiger partial charge in [-0.15, -0.1) is 0 Å². The first kappa shape index (κ1) is 16.8. The summed E-state index contributed by atoms with van der Waals surface area (Å²) in [5, 5.41) is 18.7. The molecule has 1 saturated heterocycles. The van der Waals surface area contributed by atoms with Crippen LogP contribution in [-0.2, 0) is 9.59 Å². The molecule has 8 heteroatoms. The molecule has 1 atom stereocenters. The minimum Gasteiger partial charge on any atom is -0.480 e. The van der Waals surface area contributed by atoms with Crippen LogP contribution in [0.2, 0.25) is 5.02 Å². The molecule has 0 aliphatic carbocycles. The number of benzene rings is 1. The summed E-state index contributed by atoms with van der Waals surface area (Å²) in [7, 11) is 0. The second kappa shape index (κ2) is 7.15. The first-order valence-corrected chi connectivity index (χ1v) is 7.21. The lowest BCUT2D eigenvalue weighted by atomic mass is 10.1. The van der Waals surface area contributed by atoms with E-state index >= 15 is 0 Å². The Bertz CT molecular complexity index is 661. The maximum Gasteiger partial charge on any atom is 0.407 e. The molecule has 1 fully saturated rings. The molecule has 7 nitrogen and oxygen atoms in total. The van der Waals surface area contributed by atoms with Crippen molar-refractivity contribution >= 4 is 35.6 Å². The third kappa shape index (κ3) is 4.23. The molecule has 2 amide bonds. The zero-order valence-electron chi connectivity index (χ0n) is 12.1. The van der Waals surface area contributed by atoms with Gasteiger partial charge in [0.2, 0.25) is 5.91 Å². The van der Waals surface area contributed by atoms with Crippen molar-refractivity contribution in [2.75, 3.05) is 19.6 Å². The molecule has 2 N–H and O–H groups in total. The smallest absolute Gasteiger partial charge is 0.407 e. The topological polar surface area (TPSA) is 98.2 Å². The molecule has 1 aromatic carbocycles. The Balaban J connectivity index is 2.11. The molecular formula is C15H15ClN2O5. The van der Waals surface area contributed by atoms with Gasteiger partial charge in [-0.25, -0.2) is 9.59 Å². The largest absolute Gasteiger partial charge is 0.480 e. The Morgan fingerprint density at radius 2 is 1.96 bits per heavy atom. The highest BCUT2D eigenvalue weighted by atomic mass is 35.5. The van der Waals surface area contributed by atoms with Gasteiger partial charge in [-0.05, 0) is 23.8 Å². The van der Waals surface area contributed by atoms with Crippen LogP contribution in [0.3, 0.4) is 0 Å². The first-order chi connectivity index (χ1) is 10.9. The van der Waals surface area contributed by atoms with E-state index in [-0.39, 0.29) is 19.6 Å². The Morgan fingerprint density at radius 3 is 2.57 bits per heavy atom. The number of carboxylic acid groups (broad SMARTS) is 2. The third-order valence-corrected chi connectivity index (χ3v) is 3.72. The molecule has 23 heavy (non-hydrogen) atoms. The number of nitrogens with zero attached hydrogens (tertiary/aromatic N) is 2. The number of piperazine rings is 1. The van der Waals surface area contributed by atoms with Crippen LogP contribution in [0.15, 0.2) is 30.3 Å². The monoisotopic (exact) mass is 338 g/mol. The molecule has 2 rings (SSSR count). The molecule has 1 unspecified atom stereocenters. The molecule has 0 aromatic heterocycles. The Kier molecular flexibility index (Phi) is 5.23. The maximum absolute atomic E-state index is 12.2. The summed E-state index contributed by atoms with van der Waals surface area (Å²) in [5.74, 6) is -1.72. The van der Waals surface area contributed by atoms with Gasteiger partial charge in [0, 0.05) is 24.2 Å². The lowest BCUT2D eigenvalue weighted by Gasteiger charge is -2.37. The molecule has 122 valence electrons. The molecule has 0 bridgehead atoms. The number of carbonyl (C=O) groups is 3. The number of hydrogen-bond acceptors (Lipinski definition) is 3. The first-order valence-electron chi connectivity index (χ1n) is 6.83. The van der Waals surface area contributed by atoms with E-state index in [1.165, 1.54) is 12.2 Å². The lowest BCUT2D eigenvalue weighted by Crippen LogP contribution is -2.58. The van der Waals surface area contributed by atoms with Gasteiger partial charge in [0.15, 0.2) is 0 Å². The number of hydrogen-bond donors (Lipinski definition) is 2. The van der Waals surface area contributed by atoms with E-state index in [4.69, 9.17) is 16.7 Å². The van der Waals surface area contributed by atoms with Crippen LogP contribution in [0.25, 0.3) is 6.08 Å². The highest BCUT2D eigenvalue weighted by molar-refractivity contribution is 6.30. The Hall–Kier alpha value is -2.54. The third-order valence-electron chi connectivity index (χ3n) is 3.49. The number of carbonyl (C=O) groups excluding carboxylic acids is 1. The van der Waals surface area contributed by atoms with Crippen molar-refractivity contribution in [3.05, 3.63) is 40.9 Å². The van der Waals surface area contributed by atoms with Crippen LogP contribution >= 0.6 is 11.6 Å². The summed E-state index contributed by atoms with van der Waals surface area (Å²) in [4.78, 5) is 36.6. The van der Waals surface area contributed by atoms with Crippen molar-refractivity contribution in [3.8, 4) is 0 Å². The fraction of sp³-hybridized carbons (Fsp3) is 0.267. The number of aliphatic carboxylic acids is 1. The fourth-order valence-electron chi connectivity index (χ4n) is 2.31. The molecular weight excluding hydrogens is 324 g/mol. The van der Waals surface area contributed by atoms with Gasteiger partial charge < -0.3 is 20.0 Å². The van der Waals surface area contributed by atoms with Gasteiger partial charge in [0.25, 0.3) is 0 Å². The SMILES string of the molecule is O=C(O)C1CN(C(=O)O)CCN1C(=O)C=Cc1cccc(Cl)c1. The van der Waals surface area contributed by atoms with Gasteiger partial charge in [0.1, 0.15) is 6.04 Å². The minimum atomic E-state index is -1.24. The van der Waals surface area contributed by atoms with Crippen molar-refractivity contribution in [3.63, 3.8) is 0 Å². The lowest BCUT2D eigenvalue weighted by molar-refractivity contribution is -0.151. The molecule has 1 aromatic rings. The second-order valence-electron chi connectivity index (χ2n) is 5.00. The van der Waals surface area contributed by atoms with Gasteiger partial charge in [-0.2, -0.15) is 0 Å². The van der Waals surface area contributed by atoms with E-state index < -0.39 is 24.0 Å². The van der Waals surface area contributed by atoms with Crippen LogP contribution in [0.4, 0.5) is 4.79 Å². The van der Waals surface area contributed by atoms with E-state index in [1.807, 2.05) is 0 Å². The standard InChI is InChI=1S/C15H15ClN2O5/c16-11-3-1-2-10(8-11)4-5-13(19)18-7-6-17(15(22)23)9-12(18)14(20)21/h1-5,8,12H,6-7,9H2,(H,20,21)(H,22,23). The van der Waals surface area contributed by atoms with Gasteiger partial charge in [0.05, 0.1) is 6.54 Å². The van der Waals surface area contributed by atoms with E-state index in [0.29, 0.717) is 10.6 Å². The van der Waals surface area contributed by atoms with Gasteiger partial charge in [-0.1, -0.05) is 23.7 Å². The van der Waals surface area contributed by atoms with Gasteiger partial charge in [-0.3, -0.25) is 4.79 Å². The highest BCUT2D eigenvalue weighted by Crippen LogP contribution is 2.14. The van der Waals surface area contributed by atoms with Crippen molar-refractivity contribution < 1.29 is 24.6 Å². The summed E-state index contributed by atoms with van der Waals surface area (Å²) in [6.07, 6.45) is 1.60. The van der Waals surface area contributed by atoms with Crippen LogP contribution in [0.5, 0.6) is 0 Å². The molecule has 0 spiro atoms. The van der Waals surface area contributed by atoms with Crippen molar-refractivity contribution in [2.45, 2.75) is 6.04 Å². The minimum absolute atomic E-state index is 0.0297. The number of halogens is 1. The summed E-state index contributed by atoms with van der Waals surface area (Å²) in [5.41, 5.74) is 0.710. The number of carboxylic acids is 1. The number of amides is 2. The molecule has 1 heterocycles. The van der Waals surface area contributed by atoms with Crippen LogP contribution < -0.4 is 0 Å². The summed E-state index contributed by atoms with van der Waals surface area (Å²) < 4.78 is 0. The average Bonchev–Trinajstić information content (AvgIpc) is 2.52. The van der Waals surface area contributed by atoms with E-state index in [0.717, 1.165) is 9.80 Å². The molecule has 0 radical (unpaired) electrons. The summed E-state index contributed by atoms with van der Waals surface area (Å²) >= 11 is 5.85. The molecule has 1 aliphatic rings. The Morgan fingerprint density at radius 1 is 1.22 bits per heavy atom. The molecule has 0 saturated carbocycles. The quantitative estimate of drug-likeness (QED) is 0.816. The van der Waals surface area contributed by atoms with E-state index in [2.05, 4.69) is 0 Å². The number of rotatable bonds is 3. The van der Waals surface area contributed by atoms with Crippen LogP contribution in [0.1, 0.15) is 5.56 Å². The Labute approximate surface area is 137 Å². The predicted octanol–water partition coefficient (Wildman–Crippen LogP) is 1.63. The maximum atomic E-state index is 12.2. The highest BCUT2D eigenvalue weighted by Gasteiger charge is 2.36. The normalized spacial score (nSPS) is 18.2. The van der Waals surface area contributed by atoms with Crippen LogP contribution in [-0.4, -0.2) is 63.7 Å². The van der Waals surface area contributed by atoms with Crippen molar-refractivity contribution in [1.29, 1.82) is 0 Å². The van der Waals surface area contributed by atoms with Gasteiger partial charge >= 0.3 is 12.1 Å². The summed E-state index contributed by atoms with van der Waals surface area (Å²) in [6, 6.07) is 5.66. The average molecular weight is 339 g/mol. The van der Waals surface area contributed by atoms with E-state index in [9.17, 15) is 19.5 Å². The van der Waals surface area contributed by atoms with E-state index in [1.54, 1.807) is 24.3 Å². The second-order valence-corrected chi connectivity index (χ2v) is 5.44. The zero-order valence-corrected chi connectivity index (χ0v) is 12.8. The fourth-order valence-corrected chi connectivity index (χ4v) is 2.50. The van der Waals surface area contributed by atoms with Crippen molar-refractivity contribution in [2.24, 2.45) is 0 Å². The summed E-state index contributed by atoms with van der Waals surface area (Å²) in [6.45, 7) is -0.140. The predicted molar refractivity (Wildman–Crippen MR) is 83.2 cm³/mol. The molecule has 1 aliphatic heterocycles. The van der Waals surface area contributed by atoms with Crippen molar-refractivity contribution in [1.82, 2.24) is 9.80 Å².